The summed E-state index contributed by atoms with van der Waals surface area (Å²) in [4.78, 5) is 0. The molecule has 1 unspecified atom stereocenters. The van der Waals surface area contributed by atoms with Crippen LogP contribution >= 0.6 is 0 Å². The molecule has 1 N–H and O–H groups in total. The first kappa shape index (κ1) is 13.6. The average molecular weight is 245 g/mol. The number of nitrogens with one attached hydrogen (secondary N) is 1. The fraction of sp³-hybridized carbons (Fsp3) is 0.647. The molecule has 0 aromatic heterocycles. The fourth-order valence-corrected chi connectivity index (χ4v) is 3.07. The molecule has 1 aromatic rings. The quantitative estimate of drug-likeness (QED) is 0.820. The largest absolute Gasteiger partial charge is 0.309 e. The molecule has 18 heavy (non-hydrogen) atoms. The highest BCUT2D eigenvalue weighted by Gasteiger charge is 2.27. The Morgan fingerprint density at radius 3 is 2.28 bits per heavy atom. The zero-order valence-corrected chi connectivity index (χ0v) is 12.1. The molecule has 2 rings (SSSR count). The van der Waals surface area contributed by atoms with Crippen LogP contribution in [0.1, 0.15) is 58.1 Å². The summed E-state index contributed by atoms with van der Waals surface area (Å²) in [6.45, 7) is 8.15. The molecule has 0 amide bonds. The van der Waals surface area contributed by atoms with Crippen molar-refractivity contribution in [2.45, 2.75) is 52.5 Å². The molecule has 1 atom stereocenters. The van der Waals surface area contributed by atoms with Gasteiger partial charge in [0, 0.05) is 6.04 Å². The van der Waals surface area contributed by atoms with Gasteiger partial charge < -0.3 is 5.32 Å². The van der Waals surface area contributed by atoms with Gasteiger partial charge in [-0.3, -0.25) is 0 Å². The molecule has 1 aliphatic carbocycles. The van der Waals surface area contributed by atoms with E-state index in [0.717, 1.165) is 5.92 Å². The highest BCUT2D eigenvalue weighted by atomic mass is 14.9. The Hall–Kier alpha value is -0.820. The van der Waals surface area contributed by atoms with Crippen LogP contribution in [-0.2, 0) is 0 Å². The minimum atomic E-state index is 0.264. The minimum Gasteiger partial charge on any atom is -0.309 e. The lowest BCUT2D eigenvalue weighted by molar-refractivity contribution is 0.260. The maximum absolute atomic E-state index is 3.82. The summed E-state index contributed by atoms with van der Waals surface area (Å²) in [6.07, 6.45) is 5.69. The van der Waals surface area contributed by atoms with Crippen molar-refractivity contribution in [3.63, 3.8) is 0 Å². The monoisotopic (exact) mass is 245 g/mol. The summed E-state index contributed by atoms with van der Waals surface area (Å²) in [5, 5.41) is 3.82. The van der Waals surface area contributed by atoms with Crippen molar-refractivity contribution in [3.05, 3.63) is 35.9 Å². The lowest BCUT2D eigenvalue weighted by Crippen LogP contribution is -2.35. The molecule has 1 nitrogen and oxygen atoms in total. The topological polar surface area (TPSA) is 12.0 Å². The van der Waals surface area contributed by atoms with E-state index < -0.39 is 0 Å². The Bertz CT molecular complexity index is 344. The second-order valence-electron chi connectivity index (χ2n) is 6.77. The van der Waals surface area contributed by atoms with Gasteiger partial charge in [0.2, 0.25) is 0 Å². The van der Waals surface area contributed by atoms with Crippen molar-refractivity contribution >= 4 is 0 Å². The predicted octanol–water partition coefficient (Wildman–Crippen LogP) is 4.55. The van der Waals surface area contributed by atoms with Gasteiger partial charge in [-0.15, -0.1) is 0 Å². The molecule has 0 saturated heterocycles. The Kier molecular flexibility index (Phi) is 4.45. The highest BCUT2D eigenvalue weighted by molar-refractivity contribution is 5.20. The first-order chi connectivity index (χ1) is 8.57. The van der Waals surface area contributed by atoms with Gasteiger partial charge in [-0.1, -0.05) is 63.9 Å². The molecular formula is C17H27N. The van der Waals surface area contributed by atoms with Crippen LogP contribution in [0.15, 0.2) is 30.3 Å². The third kappa shape index (κ3) is 3.58. The molecule has 0 heterocycles. The van der Waals surface area contributed by atoms with Gasteiger partial charge in [-0.2, -0.15) is 0 Å². The van der Waals surface area contributed by atoms with E-state index in [1.807, 2.05) is 0 Å². The van der Waals surface area contributed by atoms with E-state index in [4.69, 9.17) is 0 Å². The van der Waals surface area contributed by atoms with E-state index in [-0.39, 0.29) is 5.41 Å². The van der Waals surface area contributed by atoms with E-state index in [1.165, 1.54) is 37.8 Å². The van der Waals surface area contributed by atoms with Crippen molar-refractivity contribution in [1.82, 2.24) is 5.32 Å². The zero-order chi connectivity index (χ0) is 13.0. The summed E-state index contributed by atoms with van der Waals surface area (Å²) in [6, 6.07) is 11.3. The Balaban J connectivity index is 2.01. The van der Waals surface area contributed by atoms with Crippen LogP contribution in [0.3, 0.4) is 0 Å². The molecule has 0 bridgehead atoms. The smallest absolute Gasteiger partial charge is 0.0369 e. The minimum absolute atomic E-state index is 0.264. The van der Waals surface area contributed by atoms with Crippen molar-refractivity contribution in [1.29, 1.82) is 0 Å². The molecule has 1 heteroatoms. The van der Waals surface area contributed by atoms with Crippen molar-refractivity contribution < 1.29 is 0 Å². The van der Waals surface area contributed by atoms with E-state index in [2.05, 4.69) is 56.4 Å². The predicted molar refractivity (Wildman–Crippen MR) is 78.6 cm³/mol. The Morgan fingerprint density at radius 1 is 1.11 bits per heavy atom. The van der Waals surface area contributed by atoms with Gasteiger partial charge in [0.05, 0.1) is 0 Å². The first-order valence-corrected chi connectivity index (χ1v) is 7.36. The molecule has 0 radical (unpaired) electrons. The summed E-state index contributed by atoms with van der Waals surface area (Å²) in [5.41, 5.74) is 1.68. The molecule has 0 spiro atoms. The van der Waals surface area contributed by atoms with Crippen LogP contribution in [0.25, 0.3) is 0 Å². The first-order valence-electron chi connectivity index (χ1n) is 7.36. The van der Waals surface area contributed by atoms with Crippen LogP contribution in [0.4, 0.5) is 0 Å². The molecular weight excluding hydrogens is 218 g/mol. The SMILES string of the molecule is CC(C)(C)C(NCC1CCCC1)c1ccccc1. The van der Waals surface area contributed by atoms with E-state index >= 15 is 0 Å². The average Bonchev–Trinajstić information content (AvgIpc) is 2.82. The summed E-state index contributed by atoms with van der Waals surface area (Å²) in [5.74, 6) is 0.901. The Morgan fingerprint density at radius 2 is 1.72 bits per heavy atom. The lowest BCUT2D eigenvalue weighted by Gasteiger charge is -2.33. The molecule has 1 fully saturated rings. The summed E-state index contributed by atoms with van der Waals surface area (Å²) < 4.78 is 0. The van der Waals surface area contributed by atoms with Gasteiger partial charge >= 0.3 is 0 Å². The maximum Gasteiger partial charge on any atom is 0.0369 e. The molecule has 1 saturated carbocycles. The number of benzene rings is 1. The zero-order valence-electron chi connectivity index (χ0n) is 12.1. The van der Waals surface area contributed by atoms with Crippen LogP contribution in [0.5, 0.6) is 0 Å². The van der Waals surface area contributed by atoms with Crippen LogP contribution < -0.4 is 5.32 Å². The van der Waals surface area contributed by atoms with Crippen molar-refractivity contribution in [2.24, 2.45) is 11.3 Å². The van der Waals surface area contributed by atoms with Gasteiger partial charge in [0.25, 0.3) is 0 Å². The molecule has 100 valence electrons. The van der Waals surface area contributed by atoms with Crippen LogP contribution in [0.2, 0.25) is 0 Å². The standard InChI is InChI=1S/C17H27N/c1-17(2,3)16(15-11-5-4-6-12-15)18-13-14-9-7-8-10-14/h4-6,11-12,14,16,18H,7-10,13H2,1-3H3. The van der Waals surface area contributed by atoms with E-state index in [1.54, 1.807) is 0 Å². The Labute approximate surface area is 112 Å². The van der Waals surface area contributed by atoms with Gasteiger partial charge in [-0.25, -0.2) is 0 Å². The summed E-state index contributed by atoms with van der Waals surface area (Å²) in [7, 11) is 0. The third-order valence-corrected chi connectivity index (χ3v) is 4.08. The van der Waals surface area contributed by atoms with E-state index in [9.17, 15) is 0 Å². The van der Waals surface area contributed by atoms with Crippen LogP contribution in [-0.4, -0.2) is 6.54 Å². The molecule has 0 aliphatic heterocycles. The summed E-state index contributed by atoms with van der Waals surface area (Å²) >= 11 is 0. The highest BCUT2D eigenvalue weighted by Crippen LogP contribution is 2.33. The van der Waals surface area contributed by atoms with Gasteiger partial charge in [-0.05, 0) is 36.3 Å². The van der Waals surface area contributed by atoms with Gasteiger partial charge in [0.15, 0.2) is 0 Å². The van der Waals surface area contributed by atoms with Gasteiger partial charge in [0.1, 0.15) is 0 Å². The molecule has 1 aliphatic rings. The third-order valence-electron chi connectivity index (χ3n) is 4.08. The second-order valence-corrected chi connectivity index (χ2v) is 6.77. The normalized spacial score (nSPS) is 19.1. The fourth-order valence-electron chi connectivity index (χ4n) is 3.07. The number of hydrogen-bond acceptors (Lipinski definition) is 1. The number of rotatable bonds is 4. The van der Waals surface area contributed by atoms with Crippen molar-refractivity contribution in [3.8, 4) is 0 Å². The van der Waals surface area contributed by atoms with E-state index in [0.29, 0.717) is 6.04 Å². The van der Waals surface area contributed by atoms with Crippen molar-refractivity contribution in [2.75, 3.05) is 6.54 Å². The second kappa shape index (κ2) is 5.88. The van der Waals surface area contributed by atoms with Crippen LogP contribution in [0, 0.1) is 11.3 Å². The lowest BCUT2D eigenvalue weighted by atomic mass is 9.82. The number of hydrogen-bond donors (Lipinski definition) is 1. The maximum atomic E-state index is 3.82. The molecule has 1 aromatic carbocycles.